The number of rotatable bonds is 11. The van der Waals surface area contributed by atoms with Gasteiger partial charge in [-0.25, -0.2) is 30.4 Å². The molecule has 4 aromatic carbocycles. The molecule has 350 valence electrons. The summed E-state index contributed by atoms with van der Waals surface area (Å²) in [7, 11) is -6.92. The van der Waals surface area contributed by atoms with E-state index in [0.717, 1.165) is 69.3 Å². The van der Waals surface area contributed by atoms with Crippen LogP contribution in [0.3, 0.4) is 0 Å². The van der Waals surface area contributed by atoms with Crippen LogP contribution < -0.4 is 18.1 Å². The Hall–Kier alpha value is -6.62. The Balaban J connectivity index is 0.000000244. The lowest BCUT2D eigenvalue weighted by Crippen LogP contribution is -2.49. The molecule has 19 nitrogen and oxygen atoms in total. The van der Waals surface area contributed by atoms with Gasteiger partial charge in [0.25, 0.3) is 31.4 Å². The summed E-state index contributed by atoms with van der Waals surface area (Å²) < 4.78 is 104. The van der Waals surface area contributed by atoms with Crippen LogP contribution in [0.4, 0.5) is 36.3 Å². The number of ether oxygens (including phenoxy) is 4. The average molecular weight is 948 g/mol. The molecule has 65 heavy (non-hydrogen) atoms. The molecule has 2 unspecified atom stereocenters. The Labute approximate surface area is 373 Å². The number of fused-ring (bicyclic) bond motifs is 2. The second kappa shape index (κ2) is 19.2. The maximum absolute atomic E-state index is 13.4. The SMILES string of the molecule is CC(C)(C)OC(=O)CCC1CN(S(=O)(=O)c2ccc(F)cc2)c2cc([N+](=O)[O-])ccc2O1.CN(CC1CN(S(=O)(=O)c2ccc(F)cc2)c2cc([N+](=O)[O-])ccc2O1)C(=O)OC(C)(C)C. The number of halogens is 2. The molecule has 1 amide bonds. The predicted octanol–water partition coefficient (Wildman–Crippen LogP) is 7.37. The molecule has 0 fully saturated rings. The number of non-ortho nitro benzene ring substituents is 2. The first-order chi connectivity index (χ1) is 30.1. The highest BCUT2D eigenvalue weighted by Crippen LogP contribution is 2.41. The van der Waals surface area contributed by atoms with Gasteiger partial charge in [0.1, 0.15) is 57.9 Å². The highest BCUT2D eigenvalue weighted by atomic mass is 32.2. The summed E-state index contributed by atoms with van der Waals surface area (Å²) in [6.07, 6.45) is -1.96. The summed E-state index contributed by atoms with van der Waals surface area (Å²) in [4.78, 5) is 46.5. The number of benzene rings is 4. The first-order valence-electron chi connectivity index (χ1n) is 19.8. The largest absolute Gasteiger partial charge is 0.486 e. The summed E-state index contributed by atoms with van der Waals surface area (Å²) in [6, 6.07) is 15.7. The third-order valence-corrected chi connectivity index (χ3v) is 12.8. The molecule has 0 radical (unpaired) electrons. The number of carbonyl (C=O) groups excluding carboxylic acids is 2. The van der Waals surface area contributed by atoms with E-state index in [2.05, 4.69) is 0 Å². The van der Waals surface area contributed by atoms with Crippen molar-refractivity contribution >= 4 is 54.9 Å². The van der Waals surface area contributed by atoms with Crippen molar-refractivity contribution in [2.45, 2.75) is 87.6 Å². The number of likely N-dealkylation sites (N-methyl/N-ethyl adjacent to an activating group) is 1. The lowest BCUT2D eigenvalue weighted by atomic mass is 10.1. The molecule has 0 aliphatic carbocycles. The number of nitrogens with zero attached hydrogens (tertiary/aromatic N) is 5. The van der Waals surface area contributed by atoms with Crippen molar-refractivity contribution in [1.29, 1.82) is 0 Å². The highest BCUT2D eigenvalue weighted by Gasteiger charge is 2.38. The van der Waals surface area contributed by atoms with Gasteiger partial charge in [-0.1, -0.05) is 0 Å². The minimum absolute atomic E-state index is 0.00274. The fourth-order valence-corrected chi connectivity index (χ4v) is 9.38. The maximum atomic E-state index is 13.4. The zero-order valence-corrected chi connectivity index (χ0v) is 37.9. The molecule has 0 saturated carbocycles. The number of esters is 1. The van der Waals surface area contributed by atoms with Gasteiger partial charge in [-0.15, -0.1) is 0 Å². The Morgan fingerprint density at radius 2 is 1.09 bits per heavy atom. The van der Waals surface area contributed by atoms with Gasteiger partial charge in [-0.2, -0.15) is 0 Å². The minimum Gasteiger partial charge on any atom is -0.486 e. The lowest BCUT2D eigenvalue weighted by Gasteiger charge is -2.36. The molecular weight excluding hydrogens is 901 g/mol. The molecule has 6 rings (SSSR count). The van der Waals surface area contributed by atoms with Crippen molar-refractivity contribution in [3.05, 3.63) is 117 Å². The third-order valence-electron chi connectivity index (χ3n) is 9.25. The van der Waals surface area contributed by atoms with Crippen molar-refractivity contribution in [3.63, 3.8) is 0 Å². The van der Waals surface area contributed by atoms with Crippen LogP contribution >= 0.6 is 0 Å². The Kier molecular flexibility index (Phi) is 14.6. The molecule has 4 aromatic rings. The molecule has 2 atom stereocenters. The highest BCUT2D eigenvalue weighted by molar-refractivity contribution is 7.93. The second-order valence-electron chi connectivity index (χ2n) is 16.8. The normalized spacial score (nSPS) is 16.0. The van der Waals surface area contributed by atoms with Crippen molar-refractivity contribution in [1.82, 2.24) is 4.90 Å². The number of amides is 1. The average Bonchev–Trinajstić information content (AvgIpc) is 3.21. The quantitative estimate of drug-likeness (QED) is 0.0811. The van der Waals surface area contributed by atoms with E-state index in [4.69, 9.17) is 18.9 Å². The first kappa shape index (κ1) is 49.4. The Bertz CT molecular complexity index is 2660. The van der Waals surface area contributed by atoms with Crippen LogP contribution in [0.5, 0.6) is 11.5 Å². The van der Waals surface area contributed by atoms with Gasteiger partial charge in [0.2, 0.25) is 0 Å². The van der Waals surface area contributed by atoms with Crippen LogP contribution in [0.1, 0.15) is 54.4 Å². The molecule has 0 bridgehead atoms. The molecule has 23 heteroatoms. The van der Waals surface area contributed by atoms with Gasteiger partial charge in [0.05, 0.1) is 39.3 Å². The van der Waals surface area contributed by atoms with Gasteiger partial charge < -0.3 is 23.8 Å². The molecular formula is C42H47F2N5O14S2. The van der Waals surface area contributed by atoms with E-state index in [0.29, 0.717) is 0 Å². The summed E-state index contributed by atoms with van der Waals surface area (Å²) >= 11 is 0. The van der Waals surface area contributed by atoms with Crippen molar-refractivity contribution in [2.75, 3.05) is 35.3 Å². The van der Waals surface area contributed by atoms with E-state index in [9.17, 15) is 55.4 Å². The van der Waals surface area contributed by atoms with E-state index in [1.807, 2.05) is 0 Å². The third kappa shape index (κ3) is 12.6. The fourth-order valence-electron chi connectivity index (χ4n) is 6.39. The van der Waals surface area contributed by atoms with Crippen molar-refractivity contribution in [3.8, 4) is 11.5 Å². The van der Waals surface area contributed by atoms with E-state index in [1.165, 1.54) is 36.2 Å². The van der Waals surface area contributed by atoms with E-state index in [1.54, 1.807) is 41.5 Å². The summed E-state index contributed by atoms with van der Waals surface area (Å²) in [5.74, 6) is -1.44. The van der Waals surface area contributed by atoms with Crippen LogP contribution in [0.25, 0.3) is 0 Å². The van der Waals surface area contributed by atoms with Gasteiger partial charge in [-0.3, -0.25) is 33.6 Å². The van der Waals surface area contributed by atoms with Crippen LogP contribution in [0.15, 0.2) is 94.7 Å². The smallest absolute Gasteiger partial charge is 0.410 e. The van der Waals surface area contributed by atoms with Crippen molar-refractivity contribution in [2.24, 2.45) is 0 Å². The molecule has 2 aliphatic heterocycles. The maximum Gasteiger partial charge on any atom is 0.410 e. The van der Waals surface area contributed by atoms with Crippen LogP contribution in [-0.2, 0) is 34.3 Å². The van der Waals surface area contributed by atoms with Gasteiger partial charge in [0.15, 0.2) is 0 Å². The first-order valence-corrected chi connectivity index (χ1v) is 22.7. The number of nitro groups is 2. The Morgan fingerprint density at radius 3 is 1.49 bits per heavy atom. The summed E-state index contributed by atoms with van der Waals surface area (Å²) in [6.45, 7) is 9.94. The zero-order valence-electron chi connectivity index (χ0n) is 36.3. The Morgan fingerprint density at radius 1 is 0.692 bits per heavy atom. The molecule has 2 aliphatic rings. The van der Waals surface area contributed by atoms with Gasteiger partial charge in [-0.05, 0) is 109 Å². The van der Waals surface area contributed by atoms with E-state index < -0.39 is 77.0 Å². The van der Waals surface area contributed by atoms with Crippen LogP contribution in [0, 0.1) is 31.9 Å². The molecule has 0 saturated heterocycles. The second-order valence-corrected chi connectivity index (χ2v) is 20.5. The number of hydrogen-bond acceptors (Lipinski definition) is 14. The number of anilines is 2. The number of sulfonamides is 2. The van der Waals surface area contributed by atoms with Crippen molar-refractivity contribution < 1.29 is 64.0 Å². The molecule has 2 heterocycles. The zero-order chi connectivity index (χ0) is 48.2. The lowest BCUT2D eigenvalue weighted by molar-refractivity contribution is -0.385. The summed E-state index contributed by atoms with van der Waals surface area (Å²) in [5.41, 5.74) is -2.03. The number of nitro benzene ring substituents is 2. The van der Waals surface area contributed by atoms with E-state index in [-0.39, 0.29) is 76.5 Å². The topological polar surface area (TPSA) is 235 Å². The standard InChI is InChI=1S/C21H24FN3O7S.C21H23FN2O7S/c1-21(2,3)32-20(26)23(4)12-16-13-24(33(29,30)17-8-5-14(22)6-9-17)18-11-15(25(27)28)7-10-19(18)31-16;1-21(2,3)31-20(25)11-7-16-13-23(32(28,29)17-8-4-14(22)5-9-17)18-12-15(24(26)27)6-10-19(18)30-16/h5-11,16H,12-13H2,1-4H3;4-6,8-10,12,16H,7,11,13H2,1-3H3. The molecule has 0 N–H and O–H groups in total. The van der Waals surface area contributed by atoms with Gasteiger partial charge >= 0.3 is 12.1 Å². The fraction of sp³-hybridized carbons (Fsp3) is 0.381. The van der Waals surface area contributed by atoms with E-state index >= 15 is 0 Å². The molecule has 0 spiro atoms. The number of hydrogen-bond donors (Lipinski definition) is 0. The molecule has 0 aromatic heterocycles. The number of carbonyl (C=O) groups is 2. The van der Waals surface area contributed by atoms with Gasteiger partial charge in [0, 0.05) is 37.7 Å². The monoisotopic (exact) mass is 947 g/mol. The summed E-state index contributed by atoms with van der Waals surface area (Å²) in [5, 5.41) is 22.5. The predicted molar refractivity (Wildman–Crippen MR) is 231 cm³/mol. The van der Waals surface area contributed by atoms with Crippen LogP contribution in [0.2, 0.25) is 0 Å². The van der Waals surface area contributed by atoms with Crippen LogP contribution in [-0.4, -0.2) is 93.7 Å². The minimum atomic E-state index is -4.22.